The molecule has 1 nitrogen and oxygen atoms in total. The first-order valence-electron chi connectivity index (χ1n) is 5.98. The van der Waals surface area contributed by atoms with Gasteiger partial charge in [-0.1, -0.05) is 39.6 Å². The summed E-state index contributed by atoms with van der Waals surface area (Å²) in [5.41, 5.74) is 3.23. The smallest absolute Gasteiger partial charge is 0.129 e. The molecule has 0 spiro atoms. The van der Waals surface area contributed by atoms with Crippen molar-refractivity contribution in [2.45, 2.75) is 58.9 Å². The lowest BCUT2D eigenvalue weighted by Crippen LogP contribution is -2.29. The van der Waals surface area contributed by atoms with Gasteiger partial charge in [0, 0.05) is 11.8 Å². The zero-order valence-corrected chi connectivity index (χ0v) is 12.4. The maximum absolute atomic E-state index is 10.0. The Morgan fingerprint density at radius 3 is 2.38 bits per heavy atom. The van der Waals surface area contributed by atoms with E-state index in [1.807, 2.05) is 6.08 Å². The topological polar surface area (TPSA) is 20.2 Å². The number of aliphatic hydroxyl groups is 1. The second-order valence-electron chi connectivity index (χ2n) is 6.10. The predicted molar refractivity (Wildman–Crippen MR) is 75.0 cm³/mol. The van der Waals surface area contributed by atoms with E-state index < -0.39 is 8.07 Å². The van der Waals surface area contributed by atoms with Gasteiger partial charge in [0.2, 0.25) is 0 Å². The molecule has 1 atom stereocenters. The van der Waals surface area contributed by atoms with E-state index in [4.69, 9.17) is 0 Å². The van der Waals surface area contributed by atoms with Crippen LogP contribution >= 0.6 is 0 Å². The van der Waals surface area contributed by atoms with Gasteiger partial charge >= 0.3 is 0 Å². The van der Waals surface area contributed by atoms with E-state index in [0.29, 0.717) is 0 Å². The van der Waals surface area contributed by atoms with Gasteiger partial charge in [-0.25, -0.2) is 0 Å². The van der Waals surface area contributed by atoms with Crippen LogP contribution in [0.1, 0.15) is 33.1 Å². The largest absolute Gasteiger partial charge is 0.393 e. The molecule has 0 saturated heterocycles. The Kier molecular flexibility index (Phi) is 6.07. The minimum atomic E-state index is -1.28. The van der Waals surface area contributed by atoms with Gasteiger partial charge in [0.1, 0.15) is 8.07 Å². The summed E-state index contributed by atoms with van der Waals surface area (Å²) in [5, 5.41) is 10.0. The van der Waals surface area contributed by atoms with Gasteiger partial charge in [-0.05, 0) is 12.8 Å². The fourth-order valence-corrected chi connectivity index (χ4v) is 1.94. The highest BCUT2D eigenvalue weighted by Gasteiger charge is 2.26. The average molecular weight is 238 g/mol. The predicted octanol–water partition coefficient (Wildman–Crippen LogP) is 3.61. The Hall–Kier alpha value is -0.523. The van der Waals surface area contributed by atoms with E-state index in [-0.39, 0.29) is 11.5 Å². The lowest BCUT2D eigenvalue weighted by molar-refractivity contribution is 0.0473. The molecule has 0 aromatic rings. The Balaban J connectivity index is 4.31. The van der Waals surface area contributed by atoms with Gasteiger partial charge in [0.05, 0.1) is 6.10 Å². The van der Waals surface area contributed by atoms with Crippen molar-refractivity contribution >= 4 is 8.07 Å². The van der Waals surface area contributed by atoms with Crippen LogP contribution in [-0.2, 0) is 0 Å². The van der Waals surface area contributed by atoms with Crippen LogP contribution in [0.2, 0.25) is 19.6 Å². The summed E-state index contributed by atoms with van der Waals surface area (Å²) in [4.78, 5) is 0. The molecular weight excluding hydrogens is 212 g/mol. The van der Waals surface area contributed by atoms with Crippen molar-refractivity contribution in [3.05, 3.63) is 12.7 Å². The minimum absolute atomic E-state index is 0.115. The summed E-state index contributed by atoms with van der Waals surface area (Å²) >= 11 is 0. The number of hydrogen-bond acceptors (Lipinski definition) is 1. The molecule has 1 N–H and O–H groups in total. The maximum Gasteiger partial charge on any atom is 0.129 e. The summed E-state index contributed by atoms with van der Waals surface area (Å²) in [6, 6.07) is 0. The molecule has 0 bridgehead atoms. The SMILES string of the molecule is C=CCC[C@@H](O)C(C)(C)CC#C[Si](C)(C)C. The fraction of sp³-hybridized carbons (Fsp3) is 0.714. The third kappa shape index (κ3) is 6.87. The average Bonchev–Trinajstić information content (AvgIpc) is 2.11. The van der Waals surface area contributed by atoms with Crippen LogP contribution in [0.5, 0.6) is 0 Å². The Bertz CT molecular complexity index is 275. The fourth-order valence-electron chi connectivity index (χ4n) is 1.32. The summed E-state index contributed by atoms with van der Waals surface area (Å²) in [6.45, 7) is 14.6. The van der Waals surface area contributed by atoms with E-state index in [1.165, 1.54) is 0 Å². The lowest BCUT2D eigenvalue weighted by Gasteiger charge is -2.28. The Morgan fingerprint density at radius 1 is 1.38 bits per heavy atom. The molecule has 0 aliphatic carbocycles. The van der Waals surface area contributed by atoms with Crippen molar-refractivity contribution in [2.24, 2.45) is 5.41 Å². The molecule has 0 amide bonds. The third-order valence-electron chi connectivity index (χ3n) is 2.55. The maximum atomic E-state index is 10.0. The number of allylic oxidation sites excluding steroid dienone is 1. The standard InChI is InChI=1S/C14H26OSi/c1-7-8-10-13(15)14(2,3)11-9-12-16(4,5)6/h7,13,15H,1,8,10-11H2,2-6H3/t13-/m1/s1. The van der Waals surface area contributed by atoms with Crippen LogP contribution in [-0.4, -0.2) is 19.3 Å². The molecule has 0 aromatic carbocycles. The second-order valence-corrected chi connectivity index (χ2v) is 10.8. The van der Waals surface area contributed by atoms with Crippen molar-refractivity contribution in [3.8, 4) is 11.5 Å². The molecule has 0 saturated carbocycles. The highest BCUT2D eigenvalue weighted by Crippen LogP contribution is 2.27. The summed E-state index contributed by atoms with van der Waals surface area (Å²) in [5.74, 6) is 3.25. The lowest BCUT2D eigenvalue weighted by atomic mass is 9.81. The molecule has 0 rings (SSSR count). The molecule has 2 heteroatoms. The van der Waals surface area contributed by atoms with E-state index >= 15 is 0 Å². The highest BCUT2D eigenvalue weighted by atomic mass is 28.3. The summed E-state index contributed by atoms with van der Waals surface area (Å²) in [6.07, 6.45) is 3.99. The Labute approximate surface area is 102 Å². The highest BCUT2D eigenvalue weighted by molar-refractivity contribution is 6.83. The molecule has 0 aliphatic rings. The van der Waals surface area contributed by atoms with Crippen LogP contribution in [0.15, 0.2) is 12.7 Å². The van der Waals surface area contributed by atoms with E-state index in [9.17, 15) is 5.11 Å². The molecule has 0 aliphatic heterocycles. The first-order valence-corrected chi connectivity index (χ1v) is 9.48. The van der Waals surface area contributed by atoms with E-state index in [1.54, 1.807) is 0 Å². The van der Waals surface area contributed by atoms with Crippen molar-refractivity contribution in [3.63, 3.8) is 0 Å². The molecule has 0 heterocycles. The van der Waals surface area contributed by atoms with Gasteiger partial charge < -0.3 is 5.11 Å². The zero-order valence-electron chi connectivity index (χ0n) is 11.4. The second kappa shape index (κ2) is 6.27. The van der Waals surface area contributed by atoms with Crippen molar-refractivity contribution in [2.75, 3.05) is 0 Å². The number of hydrogen-bond donors (Lipinski definition) is 1. The van der Waals surface area contributed by atoms with Crippen molar-refractivity contribution in [1.29, 1.82) is 0 Å². The van der Waals surface area contributed by atoms with Crippen molar-refractivity contribution in [1.82, 2.24) is 0 Å². The molecule has 92 valence electrons. The molecule has 16 heavy (non-hydrogen) atoms. The van der Waals surface area contributed by atoms with Gasteiger partial charge in [0.25, 0.3) is 0 Å². The number of aliphatic hydroxyl groups excluding tert-OH is 1. The van der Waals surface area contributed by atoms with Crippen LogP contribution in [0.4, 0.5) is 0 Å². The first-order chi connectivity index (χ1) is 7.19. The quantitative estimate of drug-likeness (QED) is 0.441. The van der Waals surface area contributed by atoms with Gasteiger partial charge in [0.15, 0.2) is 0 Å². The number of rotatable bonds is 5. The normalized spacial score (nSPS) is 13.9. The summed E-state index contributed by atoms with van der Waals surface area (Å²) < 4.78 is 0. The third-order valence-corrected chi connectivity index (χ3v) is 3.48. The van der Waals surface area contributed by atoms with Crippen LogP contribution in [0.3, 0.4) is 0 Å². The molecule has 0 aromatic heterocycles. The minimum Gasteiger partial charge on any atom is -0.393 e. The van der Waals surface area contributed by atoms with Crippen molar-refractivity contribution < 1.29 is 5.11 Å². The first kappa shape index (κ1) is 15.5. The summed E-state index contributed by atoms with van der Waals surface area (Å²) in [7, 11) is -1.28. The molecule has 0 fully saturated rings. The molecule has 0 radical (unpaired) electrons. The molecular formula is C14H26OSi. The zero-order chi connectivity index (χ0) is 12.8. The monoisotopic (exact) mass is 238 g/mol. The Morgan fingerprint density at radius 2 is 1.94 bits per heavy atom. The van der Waals surface area contributed by atoms with Gasteiger partial charge in [-0.15, -0.1) is 18.0 Å². The molecule has 0 unspecified atom stereocenters. The van der Waals surface area contributed by atoms with Crippen LogP contribution < -0.4 is 0 Å². The van der Waals surface area contributed by atoms with Crippen LogP contribution in [0.25, 0.3) is 0 Å². The van der Waals surface area contributed by atoms with Crippen LogP contribution in [0, 0.1) is 16.9 Å². The van der Waals surface area contributed by atoms with E-state index in [2.05, 4.69) is 51.5 Å². The van der Waals surface area contributed by atoms with Gasteiger partial charge in [-0.2, -0.15) is 0 Å². The van der Waals surface area contributed by atoms with E-state index in [0.717, 1.165) is 19.3 Å². The van der Waals surface area contributed by atoms with Gasteiger partial charge in [-0.3, -0.25) is 0 Å².